The number of nitriles is 1. The lowest BCUT2D eigenvalue weighted by Crippen LogP contribution is -2.36. The summed E-state index contributed by atoms with van der Waals surface area (Å²) in [4.78, 5) is 30.8. The van der Waals surface area contributed by atoms with E-state index in [4.69, 9.17) is 11.6 Å². The highest BCUT2D eigenvalue weighted by Gasteiger charge is 2.23. The number of hydrogen-bond acceptors (Lipinski definition) is 5. The van der Waals surface area contributed by atoms with Gasteiger partial charge in [0.25, 0.3) is 5.91 Å². The van der Waals surface area contributed by atoms with E-state index in [1.54, 1.807) is 23.5 Å². The summed E-state index contributed by atoms with van der Waals surface area (Å²) in [5, 5.41) is 13.8. The zero-order chi connectivity index (χ0) is 23.2. The van der Waals surface area contributed by atoms with E-state index in [2.05, 4.69) is 16.3 Å². The van der Waals surface area contributed by atoms with Gasteiger partial charge in [-0.2, -0.15) is 5.26 Å². The summed E-state index contributed by atoms with van der Waals surface area (Å²) < 4.78 is 0. The Labute approximate surface area is 204 Å². The van der Waals surface area contributed by atoms with Crippen LogP contribution in [-0.2, 0) is 17.6 Å². The number of carbonyl (C=O) groups is 2. The maximum atomic E-state index is 12.8. The number of nitrogens with one attached hydrogen (secondary N) is 1. The van der Waals surface area contributed by atoms with Crippen molar-refractivity contribution in [2.75, 3.05) is 38.0 Å². The van der Waals surface area contributed by atoms with Crippen LogP contribution in [0.5, 0.6) is 0 Å². The second kappa shape index (κ2) is 11.1. The number of aryl methyl sites for hydroxylation is 1. The molecule has 1 aliphatic carbocycles. The van der Waals surface area contributed by atoms with Gasteiger partial charge in [0.1, 0.15) is 11.1 Å². The van der Waals surface area contributed by atoms with Crippen LogP contribution in [0.4, 0.5) is 5.00 Å². The van der Waals surface area contributed by atoms with E-state index in [-0.39, 0.29) is 11.8 Å². The van der Waals surface area contributed by atoms with Crippen molar-refractivity contribution in [3.8, 4) is 6.07 Å². The first-order valence-corrected chi connectivity index (χ1v) is 12.9. The highest BCUT2D eigenvalue weighted by atomic mass is 35.5. The average Bonchev–Trinajstić information content (AvgIpc) is 3.00. The molecule has 0 spiro atoms. The topological polar surface area (TPSA) is 76.4 Å². The summed E-state index contributed by atoms with van der Waals surface area (Å²) in [6.07, 6.45) is 6.61. The second-order valence-electron chi connectivity index (χ2n) is 8.65. The maximum absolute atomic E-state index is 12.8. The van der Waals surface area contributed by atoms with Crippen molar-refractivity contribution in [2.24, 2.45) is 0 Å². The molecule has 0 radical (unpaired) electrons. The summed E-state index contributed by atoms with van der Waals surface area (Å²) in [5.41, 5.74) is 2.34. The molecule has 1 aliphatic heterocycles. The molecule has 1 N–H and O–H groups in total. The van der Waals surface area contributed by atoms with E-state index in [0.29, 0.717) is 47.2 Å². The molecule has 1 aromatic heterocycles. The van der Waals surface area contributed by atoms with Gasteiger partial charge in [0, 0.05) is 37.5 Å². The number of amides is 2. The molecule has 1 aromatic carbocycles. The average molecular weight is 485 g/mol. The smallest absolute Gasteiger partial charge is 0.255 e. The van der Waals surface area contributed by atoms with Crippen LogP contribution in [0.1, 0.15) is 58.5 Å². The van der Waals surface area contributed by atoms with Gasteiger partial charge < -0.3 is 15.1 Å². The van der Waals surface area contributed by atoms with Gasteiger partial charge in [-0.25, -0.2) is 0 Å². The molecule has 8 heteroatoms. The highest BCUT2D eigenvalue weighted by molar-refractivity contribution is 7.16. The standard InChI is InChI=1S/C25H29ClN4O2S/c26-21-9-5-4-8-19(21)25(32)30-13-6-12-29(15-16-30)14-11-23(31)28-24-20(17-27)18-7-2-1-3-10-22(18)33-24/h4-5,8-9H,1-3,6-7,10-16H2,(H,28,31). The molecule has 174 valence electrons. The number of fused-ring (bicyclic) bond motifs is 1. The number of carbonyl (C=O) groups excluding carboxylic acids is 2. The van der Waals surface area contributed by atoms with E-state index in [1.807, 2.05) is 17.0 Å². The quantitative estimate of drug-likeness (QED) is 0.623. The lowest BCUT2D eigenvalue weighted by Gasteiger charge is -2.22. The van der Waals surface area contributed by atoms with Crippen molar-refractivity contribution in [1.82, 2.24) is 9.80 Å². The Morgan fingerprint density at radius 3 is 2.70 bits per heavy atom. The lowest BCUT2D eigenvalue weighted by atomic mass is 10.1. The first kappa shape index (κ1) is 23.7. The van der Waals surface area contributed by atoms with Gasteiger partial charge in [0.05, 0.1) is 16.1 Å². The normalized spacial score (nSPS) is 16.9. The molecular formula is C25H29ClN4O2S. The zero-order valence-electron chi connectivity index (χ0n) is 18.7. The molecule has 2 aromatic rings. The highest BCUT2D eigenvalue weighted by Crippen LogP contribution is 2.37. The van der Waals surface area contributed by atoms with Crippen LogP contribution in [0.2, 0.25) is 5.02 Å². The molecule has 1 fully saturated rings. The molecule has 4 rings (SSSR count). The van der Waals surface area contributed by atoms with Crippen LogP contribution in [0.25, 0.3) is 0 Å². The number of benzene rings is 1. The predicted octanol–water partition coefficient (Wildman–Crippen LogP) is 4.72. The third-order valence-electron chi connectivity index (χ3n) is 6.42. The second-order valence-corrected chi connectivity index (χ2v) is 10.2. The van der Waals surface area contributed by atoms with Crippen LogP contribution in [-0.4, -0.2) is 54.3 Å². The van der Waals surface area contributed by atoms with Crippen molar-refractivity contribution in [1.29, 1.82) is 5.26 Å². The summed E-state index contributed by atoms with van der Waals surface area (Å²) in [7, 11) is 0. The number of halogens is 1. The minimum absolute atomic E-state index is 0.0401. The number of thiophene rings is 1. The molecule has 6 nitrogen and oxygen atoms in total. The number of hydrogen-bond donors (Lipinski definition) is 1. The molecule has 2 amide bonds. The maximum Gasteiger partial charge on any atom is 0.255 e. The van der Waals surface area contributed by atoms with Crippen LogP contribution >= 0.6 is 22.9 Å². The Morgan fingerprint density at radius 2 is 1.88 bits per heavy atom. The fourth-order valence-electron chi connectivity index (χ4n) is 4.60. The first-order valence-electron chi connectivity index (χ1n) is 11.7. The van der Waals surface area contributed by atoms with Crippen LogP contribution < -0.4 is 5.32 Å². The minimum atomic E-state index is -0.0591. The molecule has 2 aliphatic rings. The predicted molar refractivity (Wildman–Crippen MR) is 132 cm³/mol. The number of nitrogens with zero attached hydrogens (tertiary/aromatic N) is 3. The van der Waals surface area contributed by atoms with E-state index in [0.717, 1.165) is 50.8 Å². The molecular weight excluding hydrogens is 456 g/mol. The lowest BCUT2D eigenvalue weighted by molar-refractivity contribution is -0.116. The Kier molecular flexibility index (Phi) is 8.02. The SMILES string of the molecule is N#Cc1c(NC(=O)CCN2CCCN(C(=O)c3ccccc3Cl)CC2)sc2c1CCCCC2. The van der Waals surface area contributed by atoms with E-state index in [1.165, 1.54) is 11.3 Å². The third-order valence-corrected chi connectivity index (χ3v) is 7.96. The largest absolute Gasteiger partial charge is 0.337 e. The van der Waals surface area contributed by atoms with Gasteiger partial charge in [-0.15, -0.1) is 11.3 Å². The van der Waals surface area contributed by atoms with Crippen molar-refractivity contribution < 1.29 is 9.59 Å². The van der Waals surface area contributed by atoms with E-state index < -0.39 is 0 Å². The van der Waals surface area contributed by atoms with Gasteiger partial charge in [-0.05, 0) is 56.3 Å². The fourth-order valence-corrected chi connectivity index (χ4v) is 6.07. The molecule has 0 bridgehead atoms. The first-order chi connectivity index (χ1) is 16.1. The summed E-state index contributed by atoms with van der Waals surface area (Å²) in [6, 6.07) is 9.46. The zero-order valence-corrected chi connectivity index (χ0v) is 20.3. The van der Waals surface area contributed by atoms with E-state index in [9.17, 15) is 14.9 Å². The van der Waals surface area contributed by atoms with Gasteiger partial charge >= 0.3 is 0 Å². The van der Waals surface area contributed by atoms with Gasteiger partial charge in [-0.3, -0.25) is 9.59 Å². The molecule has 0 atom stereocenters. The minimum Gasteiger partial charge on any atom is -0.337 e. The van der Waals surface area contributed by atoms with E-state index >= 15 is 0 Å². The molecule has 0 saturated carbocycles. The Morgan fingerprint density at radius 1 is 1.06 bits per heavy atom. The van der Waals surface area contributed by atoms with Crippen molar-refractivity contribution in [3.05, 3.63) is 50.9 Å². The summed E-state index contributed by atoms with van der Waals surface area (Å²) in [5.74, 6) is -0.0992. The molecule has 0 unspecified atom stereocenters. The van der Waals surface area contributed by atoms with Crippen LogP contribution in [0, 0.1) is 11.3 Å². The fraction of sp³-hybridized carbons (Fsp3) is 0.480. The number of rotatable bonds is 5. The molecule has 1 saturated heterocycles. The Bertz CT molecular complexity index is 1060. The third kappa shape index (κ3) is 5.75. The Balaban J connectivity index is 1.29. The van der Waals surface area contributed by atoms with Crippen molar-refractivity contribution in [2.45, 2.75) is 44.9 Å². The summed E-state index contributed by atoms with van der Waals surface area (Å²) in [6.45, 7) is 3.49. The van der Waals surface area contributed by atoms with Gasteiger partial charge in [0.15, 0.2) is 0 Å². The number of anilines is 1. The monoisotopic (exact) mass is 484 g/mol. The van der Waals surface area contributed by atoms with Gasteiger partial charge in [-0.1, -0.05) is 30.2 Å². The van der Waals surface area contributed by atoms with Crippen LogP contribution in [0.15, 0.2) is 24.3 Å². The molecule has 2 heterocycles. The van der Waals surface area contributed by atoms with Gasteiger partial charge in [0.2, 0.25) is 5.91 Å². The Hall–Kier alpha value is -2.40. The van der Waals surface area contributed by atoms with Crippen molar-refractivity contribution >= 4 is 39.8 Å². The molecule has 33 heavy (non-hydrogen) atoms. The summed E-state index contributed by atoms with van der Waals surface area (Å²) >= 11 is 7.77. The van der Waals surface area contributed by atoms with Crippen molar-refractivity contribution in [3.63, 3.8) is 0 Å². The van der Waals surface area contributed by atoms with Crippen LogP contribution in [0.3, 0.4) is 0 Å².